The van der Waals surface area contributed by atoms with Crippen LogP contribution in [0.15, 0.2) is 59.2 Å². The fourth-order valence-corrected chi connectivity index (χ4v) is 2.63. The van der Waals surface area contributed by atoms with Crippen molar-refractivity contribution in [3.8, 4) is 0 Å². The summed E-state index contributed by atoms with van der Waals surface area (Å²) in [6.07, 6.45) is 0.839. The van der Waals surface area contributed by atoms with Gasteiger partial charge in [-0.3, -0.25) is 4.98 Å². The van der Waals surface area contributed by atoms with Gasteiger partial charge in [0.15, 0.2) is 0 Å². The highest BCUT2D eigenvalue weighted by Gasteiger charge is 2.15. The van der Waals surface area contributed by atoms with E-state index in [4.69, 9.17) is 0 Å². The zero-order valence-corrected chi connectivity index (χ0v) is 12.0. The second kappa shape index (κ2) is 5.31. The maximum atomic E-state index is 13.3. The molecular formula is C16H11BrFNO. The lowest BCUT2D eigenvalue weighted by Gasteiger charge is -2.14. The predicted molar refractivity (Wildman–Crippen MR) is 79.9 cm³/mol. The van der Waals surface area contributed by atoms with Gasteiger partial charge in [0, 0.05) is 21.6 Å². The minimum atomic E-state index is -0.885. The first-order chi connectivity index (χ1) is 9.65. The monoisotopic (exact) mass is 331 g/mol. The van der Waals surface area contributed by atoms with Crippen molar-refractivity contribution in [2.24, 2.45) is 0 Å². The van der Waals surface area contributed by atoms with Crippen LogP contribution in [0.4, 0.5) is 4.39 Å². The first-order valence-electron chi connectivity index (χ1n) is 6.13. The summed E-state index contributed by atoms with van der Waals surface area (Å²) in [6.45, 7) is 0. The van der Waals surface area contributed by atoms with Gasteiger partial charge < -0.3 is 5.11 Å². The summed E-state index contributed by atoms with van der Waals surface area (Å²) in [4.78, 5) is 4.24. The molecule has 0 saturated carbocycles. The highest BCUT2D eigenvalue weighted by molar-refractivity contribution is 9.10. The topological polar surface area (TPSA) is 33.1 Å². The van der Waals surface area contributed by atoms with E-state index in [1.54, 1.807) is 18.3 Å². The summed E-state index contributed by atoms with van der Waals surface area (Å²) < 4.78 is 14.0. The van der Waals surface area contributed by atoms with E-state index >= 15 is 0 Å². The van der Waals surface area contributed by atoms with Gasteiger partial charge in [-0.25, -0.2) is 4.39 Å². The quantitative estimate of drug-likeness (QED) is 0.762. The van der Waals surface area contributed by atoms with E-state index in [2.05, 4.69) is 20.9 Å². The molecule has 1 aromatic heterocycles. The Labute approximate surface area is 124 Å². The molecule has 3 rings (SSSR count). The molecule has 0 fully saturated rings. The van der Waals surface area contributed by atoms with E-state index in [0.29, 0.717) is 15.6 Å². The van der Waals surface area contributed by atoms with Crippen LogP contribution in [0.5, 0.6) is 0 Å². The van der Waals surface area contributed by atoms with Crippen molar-refractivity contribution in [2.45, 2.75) is 6.10 Å². The molecule has 1 heterocycles. The Kier molecular flexibility index (Phi) is 3.51. The van der Waals surface area contributed by atoms with Crippen LogP contribution in [-0.4, -0.2) is 10.1 Å². The van der Waals surface area contributed by atoms with Gasteiger partial charge in [0.1, 0.15) is 11.9 Å². The van der Waals surface area contributed by atoms with Crippen LogP contribution < -0.4 is 0 Å². The Balaban J connectivity index is 2.07. The number of aliphatic hydroxyl groups excluding tert-OH is 1. The molecule has 0 aliphatic rings. The van der Waals surface area contributed by atoms with E-state index in [-0.39, 0.29) is 5.82 Å². The second-order valence-corrected chi connectivity index (χ2v) is 5.38. The number of aliphatic hydroxyl groups is 1. The summed E-state index contributed by atoms with van der Waals surface area (Å²) in [5.74, 6) is -0.371. The zero-order valence-electron chi connectivity index (χ0n) is 10.4. The van der Waals surface area contributed by atoms with Crippen molar-refractivity contribution in [3.63, 3.8) is 0 Å². The molecule has 2 aromatic carbocycles. The number of rotatable bonds is 2. The van der Waals surface area contributed by atoms with E-state index in [9.17, 15) is 9.50 Å². The highest BCUT2D eigenvalue weighted by atomic mass is 79.9. The largest absolute Gasteiger partial charge is 0.384 e. The molecule has 1 N–H and O–H groups in total. The number of aromatic nitrogens is 1. The SMILES string of the molecule is OC(c1ccc2ncccc2c1)c1cc(F)ccc1Br. The Hall–Kier alpha value is -1.78. The van der Waals surface area contributed by atoms with Crippen molar-refractivity contribution >= 4 is 26.8 Å². The summed E-state index contributed by atoms with van der Waals surface area (Å²) in [5, 5.41) is 11.4. The minimum absolute atomic E-state index is 0.371. The van der Waals surface area contributed by atoms with Gasteiger partial charge in [-0.2, -0.15) is 0 Å². The Morgan fingerprint density at radius 1 is 1.10 bits per heavy atom. The molecule has 20 heavy (non-hydrogen) atoms. The number of pyridine rings is 1. The second-order valence-electron chi connectivity index (χ2n) is 4.52. The van der Waals surface area contributed by atoms with Crippen molar-refractivity contribution in [2.75, 3.05) is 0 Å². The molecule has 1 atom stereocenters. The lowest BCUT2D eigenvalue weighted by Crippen LogP contribution is -2.01. The number of nitrogens with zero attached hydrogens (tertiary/aromatic N) is 1. The molecule has 100 valence electrons. The zero-order chi connectivity index (χ0) is 14.1. The average molecular weight is 332 g/mol. The van der Waals surface area contributed by atoms with Gasteiger partial charge in [-0.15, -0.1) is 0 Å². The van der Waals surface area contributed by atoms with Gasteiger partial charge in [0.2, 0.25) is 0 Å². The molecule has 0 amide bonds. The number of benzene rings is 2. The average Bonchev–Trinajstić information content (AvgIpc) is 2.48. The van der Waals surface area contributed by atoms with Crippen LogP contribution in [0.1, 0.15) is 17.2 Å². The van der Waals surface area contributed by atoms with Crippen molar-refractivity contribution in [3.05, 3.63) is 76.1 Å². The molecular weight excluding hydrogens is 321 g/mol. The normalized spacial score (nSPS) is 12.6. The van der Waals surface area contributed by atoms with Crippen molar-refractivity contribution in [1.82, 2.24) is 4.98 Å². The molecule has 0 bridgehead atoms. The number of halogens is 2. The van der Waals surface area contributed by atoms with Gasteiger partial charge in [-0.1, -0.05) is 28.1 Å². The maximum absolute atomic E-state index is 13.3. The Bertz CT molecular complexity index is 775. The third kappa shape index (κ3) is 2.44. The van der Waals surface area contributed by atoms with Crippen LogP contribution in [0.2, 0.25) is 0 Å². The van der Waals surface area contributed by atoms with Crippen LogP contribution in [0.3, 0.4) is 0 Å². The van der Waals surface area contributed by atoms with Crippen LogP contribution in [0.25, 0.3) is 10.9 Å². The number of hydrogen-bond acceptors (Lipinski definition) is 2. The lowest BCUT2D eigenvalue weighted by atomic mass is 10.00. The summed E-state index contributed by atoms with van der Waals surface area (Å²) in [7, 11) is 0. The predicted octanol–water partition coefficient (Wildman–Crippen LogP) is 4.22. The molecule has 0 spiro atoms. The smallest absolute Gasteiger partial charge is 0.123 e. The van der Waals surface area contributed by atoms with Crippen LogP contribution >= 0.6 is 15.9 Å². The third-order valence-corrected chi connectivity index (χ3v) is 3.92. The Morgan fingerprint density at radius 2 is 1.95 bits per heavy atom. The number of hydrogen-bond donors (Lipinski definition) is 1. The molecule has 3 aromatic rings. The third-order valence-electron chi connectivity index (χ3n) is 3.20. The van der Waals surface area contributed by atoms with E-state index in [1.165, 1.54) is 12.1 Å². The van der Waals surface area contributed by atoms with Crippen LogP contribution in [-0.2, 0) is 0 Å². The van der Waals surface area contributed by atoms with Gasteiger partial charge in [0.25, 0.3) is 0 Å². The first kappa shape index (κ1) is 13.2. The molecule has 0 saturated heterocycles. The van der Waals surface area contributed by atoms with Crippen molar-refractivity contribution in [1.29, 1.82) is 0 Å². The summed E-state index contributed by atoms with van der Waals surface area (Å²) >= 11 is 3.34. The van der Waals surface area contributed by atoms with Gasteiger partial charge >= 0.3 is 0 Å². The van der Waals surface area contributed by atoms with Crippen LogP contribution in [0, 0.1) is 5.82 Å². The molecule has 0 aliphatic heterocycles. The Morgan fingerprint density at radius 3 is 2.80 bits per heavy atom. The molecule has 0 aliphatic carbocycles. The molecule has 1 unspecified atom stereocenters. The number of fused-ring (bicyclic) bond motifs is 1. The molecule has 4 heteroatoms. The maximum Gasteiger partial charge on any atom is 0.123 e. The fraction of sp³-hybridized carbons (Fsp3) is 0.0625. The lowest BCUT2D eigenvalue weighted by molar-refractivity contribution is 0.219. The van der Waals surface area contributed by atoms with Gasteiger partial charge in [-0.05, 0) is 42.0 Å². The molecule has 0 radical (unpaired) electrons. The minimum Gasteiger partial charge on any atom is -0.384 e. The fourth-order valence-electron chi connectivity index (χ4n) is 2.17. The highest BCUT2D eigenvalue weighted by Crippen LogP contribution is 2.30. The first-order valence-corrected chi connectivity index (χ1v) is 6.92. The van der Waals surface area contributed by atoms with E-state index < -0.39 is 6.10 Å². The molecule has 2 nitrogen and oxygen atoms in total. The van der Waals surface area contributed by atoms with E-state index in [0.717, 1.165) is 10.9 Å². The van der Waals surface area contributed by atoms with Crippen molar-refractivity contribution < 1.29 is 9.50 Å². The summed E-state index contributed by atoms with van der Waals surface area (Å²) in [5.41, 5.74) is 2.08. The van der Waals surface area contributed by atoms with Gasteiger partial charge in [0.05, 0.1) is 5.52 Å². The summed E-state index contributed by atoms with van der Waals surface area (Å²) in [6, 6.07) is 13.6. The van der Waals surface area contributed by atoms with E-state index in [1.807, 2.05) is 24.3 Å². The standard InChI is InChI=1S/C16H11BrFNO/c17-14-5-4-12(18)9-13(14)16(20)11-3-6-15-10(8-11)2-1-7-19-15/h1-9,16,20H.